The first-order valence-electron chi connectivity index (χ1n) is 8.54. The Kier molecular flexibility index (Phi) is 6.91. The van der Waals surface area contributed by atoms with E-state index in [2.05, 4.69) is 52.1 Å². The molecular weight excluding hydrogens is 402 g/mol. The Bertz CT molecular complexity index is 687. The van der Waals surface area contributed by atoms with Crippen molar-refractivity contribution in [3.8, 4) is 11.1 Å². The lowest BCUT2D eigenvalue weighted by Crippen LogP contribution is -2.25. The summed E-state index contributed by atoms with van der Waals surface area (Å²) >= 11 is 9.87. The number of halogens is 2. The molecule has 134 valence electrons. The monoisotopic (exact) mass is 423 g/mol. The van der Waals surface area contributed by atoms with Crippen molar-refractivity contribution < 1.29 is 9.47 Å². The summed E-state index contributed by atoms with van der Waals surface area (Å²) in [5.41, 5.74) is 3.45. The van der Waals surface area contributed by atoms with E-state index in [0.29, 0.717) is 0 Å². The Balaban J connectivity index is 1.52. The van der Waals surface area contributed by atoms with Gasteiger partial charge in [0.2, 0.25) is 0 Å². The lowest BCUT2D eigenvalue weighted by molar-refractivity contribution is 0.0321. The van der Waals surface area contributed by atoms with Gasteiger partial charge < -0.3 is 9.47 Å². The number of likely N-dealkylation sites (N-methyl/N-ethyl adjacent to an activating group) is 1. The SMILES string of the molecule is CN(CCO[C@H]1CCOC1)Cc1ccc(-c2cccc(Br)c2Cl)cc1. The van der Waals surface area contributed by atoms with Gasteiger partial charge in [0.15, 0.2) is 0 Å². The molecule has 1 aliphatic heterocycles. The molecule has 0 unspecified atom stereocenters. The zero-order valence-electron chi connectivity index (χ0n) is 14.4. The molecule has 2 aromatic rings. The molecule has 1 aliphatic rings. The molecule has 1 fully saturated rings. The van der Waals surface area contributed by atoms with E-state index in [1.807, 2.05) is 18.2 Å². The molecule has 0 bridgehead atoms. The van der Waals surface area contributed by atoms with E-state index in [9.17, 15) is 0 Å². The molecule has 1 heterocycles. The van der Waals surface area contributed by atoms with Crippen LogP contribution in [0.3, 0.4) is 0 Å². The number of hydrogen-bond donors (Lipinski definition) is 0. The van der Waals surface area contributed by atoms with Gasteiger partial charge in [0.05, 0.1) is 24.3 Å². The second-order valence-corrected chi connectivity index (χ2v) is 7.62. The fraction of sp³-hybridized carbons (Fsp3) is 0.400. The summed E-state index contributed by atoms with van der Waals surface area (Å²) in [6, 6.07) is 14.6. The van der Waals surface area contributed by atoms with Crippen LogP contribution < -0.4 is 0 Å². The number of ether oxygens (including phenoxy) is 2. The highest BCUT2D eigenvalue weighted by atomic mass is 79.9. The topological polar surface area (TPSA) is 21.7 Å². The van der Waals surface area contributed by atoms with E-state index in [1.165, 1.54) is 5.56 Å². The van der Waals surface area contributed by atoms with Crippen LogP contribution >= 0.6 is 27.5 Å². The smallest absolute Gasteiger partial charge is 0.0831 e. The van der Waals surface area contributed by atoms with Crippen LogP contribution in [0, 0.1) is 0 Å². The summed E-state index contributed by atoms with van der Waals surface area (Å²) in [7, 11) is 2.12. The van der Waals surface area contributed by atoms with Crippen LogP contribution in [0.2, 0.25) is 5.02 Å². The lowest BCUT2D eigenvalue weighted by Gasteiger charge is -2.18. The molecule has 0 saturated carbocycles. The van der Waals surface area contributed by atoms with Crippen molar-refractivity contribution in [3.63, 3.8) is 0 Å². The van der Waals surface area contributed by atoms with E-state index in [-0.39, 0.29) is 6.10 Å². The Morgan fingerprint density at radius 3 is 2.76 bits per heavy atom. The van der Waals surface area contributed by atoms with E-state index in [4.69, 9.17) is 21.1 Å². The maximum Gasteiger partial charge on any atom is 0.0831 e. The molecule has 0 aliphatic carbocycles. The van der Waals surface area contributed by atoms with Gasteiger partial charge in [-0.2, -0.15) is 0 Å². The van der Waals surface area contributed by atoms with Crippen LogP contribution in [0.25, 0.3) is 11.1 Å². The number of nitrogens with zero attached hydrogens (tertiary/aromatic N) is 1. The molecule has 5 heteroatoms. The summed E-state index contributed by atoms with van der Waals surface area (Å²) in [4.78, 5) is 2.27. The van der Waals surface area contributed by atoms with Gasteiger partial charge in [0.1, 0.15) is 0 Å². The first kappa shape index (κ1) is 18.9. The molecule has 0 aromatic heterocycles. The highest BCUT2D eigenvalue weighted by molar-refractivity contribution is 9.10. The third kappa shape index (κ3) is 5.28. The van der Waals surface area contributed by atoms with Crippen molar-refractivity contribution in [3.05, 3.63) is 57.5 Å². The largest absolute Gasteiger partial charge is 0.379 e. The quantitative estimate of drug-likeness (QED) is 0.624. The lowest BCUT2D eigenvalue weighted by atomic mass is 10.0. The molecule has 0 N–H and O–H groups in total. The normalized spacial score (nSPS) is 17.4. The number of rotatable bonds is 7. The molecule has 0 spiro atoms. The van der Waals surface area contributed by atoms with Crippen molar-refractivity contribution >= 4 is 27.5 Å². The Morgan fingerprint density at radius 1 is 1.24 bits per heavy atom. The van der Waals surface area contributed by atoms with Crippen molar-refractivity contribution in [2.45, 2.75) is 19.1 Å². The van der Waals surface area contributed by atoms with Gasteiger partial charge in [0.25, 0.3) is 0 Å². The standard InChI is InChI=1S/C20H23BrClNO2/c1-23(10-12-25-17-9-11-24-14-17)13-15-5-7-16(8-6-15)18-3-2-4-19(21)20(18)22/h2-8,17H,9-14H2,1H3/t17-/m0/s1. The van der Waals surface area contributed by atoms with Crippen molar-refractivity contribution in [2.24, 2.45) is 0 Å². The molecule has 2 aromatic carbocycles. The zero-order chi connectivity index (χ0) is 17.6. The maximum absolute atomic E-state index is 6.38. The second kappa shape index (κ2) is 9.15. The average molecular weight is 425 g/mol. The average Bonchev–Trinajstić information content (AvgIpc) is 3.12. The van der Waals surface area contributed by atoms with Crippen LogP contribution in [0.4, 0.5) is 0 Å². The summed E-state index contributed by atoms with van der Waals surface area (Å²) in [5.74, 6) is 0. The first-order valence-corrected chi connectivity index (χ1v) is 9.72. The van der Waals surface area contributed by atoms with Crippen LogP contribution in [0.1, 0.15) is 12.0 Å². The van der Waals surface area contributed by atoms with E-state index < -0.39 is 0 Å². The van der Waals surface area contributed by atoms with E-state index in [1.54, 1.807) is 0 Å². The minimum Gasteiger partial charge on any atom is -0.379 e. The fourth-order valence-corrected chi connectivity index (χ4v) is 3.53. The number of benzene rings is 2. The van der Waals surface area contributed by atoms with Gasteiger partial charge in [0, 0.05) is 29.7 Å². The van der Waals surface area contributed by atoms with Gasteiger partial charge in [-0.25, -0.2) is 0 Å². The van der Waals surface area contributed by atoms with Crippen LogP contribution in [-0.4, -0.2) is 44.4 Å². The molecule has 25 heavy (non-hydrogen) atoms. The van der Waals surface area contributed by atoms with Gasteiger partial charge >= 0.3 is 0 Å². The number of hydrogen-bond acceptors (Lipinski definition) is 3. The molecule has 3 nitrogen and oxygen atoms in total. The minimum absolute atomic E-state index is 0.280. The van der Waals surface area contributed by atoms with E-state index in [0.717, 1.165) is 60.0 Å². The van der Waals surface area contributed by atoms with Gasteiger partial charge in [-0.15, -0.1) is 0 Å². The summed E-state index contributed by atoms with van der Waals surface area (Å²) in [6.45, 7) is 4.13. The van der Waals surface area contributed by atoms with Gasteiger partial charge in [-0.05, 0) is 46.6 Å². The fourth-order valence-electron chi connectivity index (χ4n) is 2.93. The molecule has 0 radical (unpaired) electrons. The molecule has 1 saturated heterocycles. The van der Waals surface area contributed by atoms with Crippen LogP contribution in [0.15, 0.2) is 46.9 Å². The Hall–Kier alpha value is -0.910. The van der Waals surface area contributed by atoms with Crippen LogP contribution in [0.5, 0.6) is 0 Å². The minimum atomic E-state index is 0.280. The predicted molar refractivity (Wildman–Crippen MR) is 106 cm³/mol. The summed E-state index contributed by atoms with van der Waals surface area (Å²) in [6.07, 6.45) is 1.30. The summed E-state index contributed by atoms with van der Waals surface area (Å²) < 4.78 is 12.1. The predicted octanol–water partition coefficient (Wildman–Crippen LogP) is 5.01. The zero-order valence-corrected chi connectivity index (χ0v) is 16.7. The van der Waals surface area contributed by atoms with Crippen molar-refractivity contribution in [1.29, 1.82) is 0 Å². The maximum atomic E-state index is 6.38. The third-order valence-electron chi connectivity index (χ3n) is 4.38. The third-order valence-corrected chi connectivity index (χ3v) is 5.68. The highest BCUT2D eigenvalue weighted by Gasteiger charge is 2.15. The van der Waals surface area contributed by atoms with E-state index >= 15 is 0 Å². The molecule has 3 rings (SSSR count). The first-order chi connectivity index (χ1) is 12.1. The Labute approximate surface area is 163 Å². The highest BCUT2D eigenvalue weighted by Crippen LogP contribution is 2.33. The van der Waals surface area contributed by atoms with Gasteiger partial charge in [-0.3, -0.25) is 4.90 Å². The van der Waals surface area contributed by atoms with Gasteiger partial charge in [-0.1, -0.05) is 48.0 Å². The second-order valence-electron chi connectivity index (χ2n) is 6.39. The Morgan fingerprint density at radius 2 is 2.04 bits per heavy atom. The van der Waals surface area contributed by atoms with Crippen molar-refractivity contribution in [2.75, 3.05) is 33.4 Å². The molecular formula is C20H23BrClNO2. The summed E-state index contributed by atoms with van der Waals surface area (Å²) in [5, 5.41) is 0.750. The molecule has 1 atom stereocenters. The van der Waals surface area contributed by atoms with Crippen molar-refractivity contribution in [1.82, 2.24) is 4.90 Å². The van der Waals surface area contributed by atoms with Crippen LogP contribution in [-0.2, 0) is 16.0 Å². The molecule has 0 amide bonds.